The number of aryl methyl sites for hydroxylation is 1. The zero-order chi connectivity index (χ0) is 31.6. The molecule has 2 saturated heterocycles. The first-order chi connectivity index (χ1) is 20.9. The van der Waals surface area contributed by atoms with Crippen LogP contribution in [0.5, 0.6) is 5.75 Å². The molecule has 16 heteroatoms. The van der Waals surface area contributed by atoms with Crippen LogP contribution in [0, 0.1) is 6.92 Å². The van der Waals surface area contributed by atoms with Crippen LogP contribution in [0.15, 0.2) is 36.7 Å². The van der Waals surface area contributed by atoms with Gasteiger partial charge >= 0.3 is 13.7 Å². The summed E-state index contributed by atoms with van der Waals surface area (Å²) in [4.78, 5) is 28.1. The number of fused-ring (bicyclic) bond motifs is 1. The number of aromatic nitrogens is 4. The van der Waals surface area contributed by atoms with Crippen LogP contribution in [0.1, 0.15) is 45.7 Å². The van der Waals surface area contributed by atoms with E-state index in [1.54, 1.807) is 51.1 Å². The van der Waals surface area contributed by atoms with Crippen LogP contribution in [-0.4, -0.2) is 86.2 Å². The average Bonchev–Trinajstić information content (AvgIpc) is 3.72. The Balaban J connectivity index is 1.41. The van der Waals surface area contributed by atoms with Gasteiger partial charge in [0.15, 0.2) is 29.4 Å². The van der Waals surface area contributed by atoms with Crippen LogP contribution in [-0.2, 0) is 23.4 Å². The number of aliphatic hydroxyl groups is 1. The molecule has 5 rings (SSSR count). The Morgan fingerprint density at radius 3 is 2.61 bits per heavy atom. The minimum absolute atomic E-state index is 0.176. The van der Waals surface area contributed by atoms with Gasteiger partial charge in [0.25, 0.3) is 0 Å². The number of alkyl halides is 2. The Labute approximate surface area is 259 Å². The molecule has 4 heterocycles. The third-order valence-electron chi connectivity index (χ3n) is 7.39. The van der Waals surface area contributed by atoms with Crippen molar-refractivity contribution in [2.45, 2.75) is 76.8 Å². The molecule has 0 radical (unpaired) electrons. The van der Waals surface area contributed by atoms with Crippen molar-refractivity contribution in [1.82, 2.24) is 24.6 Å². The molecule has 0 aliphatic carbocycles. The number of ether oxygens (including phenoxy) is 2. The molecule has 1 aromatic carbocycles. The monoisotopic (exact) mass is 654 g/mol. The summed E-state index contributed by atoms with van der Waals surface area (Å²) in [5.41, 5.74) is -1.04. The van der Waals surface area contributed by atoms with Gasteiger partial charge in [0.05, 0.1) is 24.9 Å². The van der Waals surface area contributed by atoms with Gasteiger partial charge in [-0.05, 0) is 52.7 Å². The summed E-state index contributed by atoms with van der Waals surface area (Å²) in [5.74, 6) is 0.180. The summed E-state index contributed by atoms with van der Waals surface area (Å²) in [6.45, 7) is 7.52. The molecular weight excluding hydrogens is 618 g/mol. The lowest BCUT2D eigenvalue weighted by Crippen LogP contribution is -2.48. The quantitative estimate of drug-likeness (QED) is 0.165. The van der Waals surface area contributed by atoms with Gasteiger partial charge in [0.1, 0.15) is 29.3 Å². The third kappa shape index (κ3) is 6.70. The van der Waals surface area contributed by atoms with Gasteiger partial charge in [0, 0.05) is 13.1 Å². The largest absolute Gasteiger partial charge is 0.462 e. The first-order valence-electron chi connectivity index (χ1n) is 14.4. The van der Waals surface area contributed by atoms with Crippen molar-refractivity contribution < 1.29 is 37.4 Å². The van der Waals surface area contributed by atoms with E-state index >= 15 is 4.39 Å². The normalized spacial score (nSPS) is 25.8. The smallest absolute Gasteiger partial charge is 0.459 e. The van der Waals surface area contributed by atoms with Crippen LogP contribution in [0.3, 0.4) is 0 Å². The van der Waals surface area contributed by atoms with Gasteiger partial charge in [-0.25, -0.2) is 23.9 Å². The highest BCUT2D eigenvalue weighted by atomic mass is 35.5. The lowest BCUT2D eigenvalue weighted by atomic mass is 9.99. The summed E-state index contributed by atoms with van der Waals surface area (Å²) in [6, 6.07) is 7.04. The highest BCUT2D eigenvalue weighted by Crippen LogP contribution is 2.49. The van der Waals surface area contributed by atoms with E-state index in [1.807, 2.05) is 0 Å². The van der Waals surface area contributed by atoms with Crippen LogP contribution in [0.2, 0.25) is 0 Å². The summed E-state index contributed by atoms with van der Waals surface area (Å²) < 4.78 is 54.0. The predicted octanol–water partition coefficient (Wildman–Crippen LogP) is 4.07. The molecule has 0 saturated carbocycles. The lowest BCUT2D eigenvalue weighted by Gasteiger charge is -2.31. The number of carbonyl (C=O) groups is 1. The van der Waals surface area contributed by atoms with E-state index in [0.29, 0.717) is 22.8 Å². The van der Waals surface area contributed by atoms with Crippen molar-refractivity contribution >= 4 is 42.3 Å². The molecule has 2 N–H and O–H groups in total. The first-order valence-corrected chi connectivity index (χ1v) is 16.5. The number of esters is 1. The molecule has 0 unspecified atom stereocenters. The van der Waals surface area contributed by atoms with Crippen molar-refractivity contribution in [1.29, 1.82) is 0 Å². The Kier molecular flexibility index (Phi) is 9.78. The van der Waals surface area contributed by atoms with Gasteiger partial charge < -0.3 is 24.0 Å². The number of carbonyl (C=O) groups excluding carboxylic acids is 1. The molecule has 13 nitrogen and oxygen atoms in total. The summed E-state index contributed by atoms with van der Waals surface area (Å²) in [6.07, 6.45) is -2.14. The molecule has 44 heavy (non-hydrogen) atoms. The minimum Gasteiger partial charge on any atom is -0.462 e. The number of hydrogen-bond acceptors (Lipinski definition) is 11. The predicted molar refractivity (Wildman–Crippen MR) is 160 cm³/mol. The van der Waals surface area contributed by atoms with Crippen LogP contribution in [0.4, 0.5) is 10.2 Å². The summed E-state index contributed by atoms with van der Waals surface area (Å²) >= 11 is 6.29. The Bertz CT molecular complexity index is 1510. The standard InChI is InChI=1S/C28H37ClFN6O7P/c1-17(2)41-27(38)18(3)34-44(39,43-20-10-6-5-7-11-20)40-15-28(14-29)23(37)21(30)26(42-28)36-16-31-22-24(35-12-8-9-13-35)32-19(4)33-25(22)36/h5-7,10-11,16-18,21,23,26,37H,8-9,12-15H2,1-4H3,(H,34,39)/t18-,21-,23-,26+,28+,44+/m0/s1. The maximum atomic E-state index is 15.9. The Morgan fingerprint density at radius 2 is 1.95 bits per heavy atom. The van der Waals surface area contributed by atoms with Crippen LogP contribution in [0.25, 0.3) is 11.2 Å². The topological polar surface area (TPSA) is 150 Å². The van der Waals surface area contributed by atoms with Crippen molar-refractivity contribution in [2.24, 2.45) is 0 Å². The van der Waals surface area contributed by atoms with E-state index < -0.39 is 62.5 Å². The molecule has 0 amide bonds. The molecule has 2 aliphatic rings. The second-order valence-electron chi connectivity index (χ2n) is 11.2. The Morgan fingerprint density at radius 1 is 1.25 bits per heavy atom. The van der Waals surface area contributed by atoms with Crippen molar-refractivity contribution in [3.8, 4) is 5.75 Å². The molecule has 0 spiro atoms. The van der Waals surface area contributed by atoms with Gasteiger partial charge in [-0.3, -0.25) is 13.9 Å². The number of para-hydroxylation sites is 1. The van der Waals surface area contributed by atoms with E-state index in [-0.39, 0.29) is 5.75 Å². The SMILES string of the molecule is Cc1nc(N2CCCC2)c2ncn([C@@H]3O[C@](CCl)(CO[P@](=O)(N[C@@H](C)C(=O)OC(C)C)Oc4ccccc4)[C@@H](O)[C@@H]3F)c2n1. The van der Waals surface area contributed by atoms with Gasteiger partial charge in [-0.2, -0.15) is 5.09 Å². The number of aliphatic hydroxyl groups excluding tert-OH is 1. The van der Waals surface area contributed by atoms with E-state index in [2.05, 4.69) is 24.9 Å². The third-order valence-corrected chi connectivity index (χ3v) is 9.47. The fourth-order valence-electron chi connectivity index (χ4n) is 5.17. The summed E-state index contributed by atoms with van der Waals surface area (Å²) in [7, 11) is -4.36. The number of rotatable bonds is 12. The van der Waals surface area contributed by atoms with E-state index in [4.69, 9.17) is 30.1 Å². The van der Waals surface area contributed by atoms with Gasteiger partial charge in [-0.1, -0.05) is 18.2 Å². The molecule has 6 atom stereocenters. The number of benzene rings is 1. The van der Waals surface area contributed by atoms with Crippen molar-refractivity contribution in [3.63, 3.8) is 0 Å². The number of nitrogens with one attached hydrogen (secondary N) is 1. The molecule has 0 bridgehead atoms. The second-order valence-corrected chi connectivity index (χ2v) is 13.2. The molecule has 2 fully saturated rings. The van der Waals surface area contributed by atoms with Crippen LogP contribution >= 0.6 is 19.3 Å². The number of anilines is 1. The average molecular weight is 655 g/mol. The highest BCUT2D eigenvalue weighted by Gasteiger charge is 2.57. The lowest BCUT2D eigenvalue weighted by molar-refractivity contribution is -0.149. The van der Waals surface area contributed by atoms with Crippen molar-refractivity contribution in [2.75, 3.05) is 30.5 Å². The maximum Gasteiger partial charge on any atom is 0.459 e. The van der Waals surface area contributed by atoms with Gasteiger partial charge in [0.2, 0.25) is 0 Å². The number of hydrogen-bond donors (Lipinski definition) is 2. The minimum atomic E-state index is -4.36. The number of halogens is 2. The van der Waals surface area contributed by atoms with Crippen molar-refractivity contribution in [3.05, 3.63) is 42.5 Å². The van der Waals surface area contributed by atoms with Gasteiger partial charge in [-0.15, -0.1) is 11.6 Å². The molecule has 3 aromatic rings. The fourth-order valence-corrected chi connectivity index (χ4v) is 7.02. The molecular formula is C28H37ClFN6O7P. The second kappa shape index (κ2) is 13.2. The highest BCUT2D eigenvalue weighted by molar-refractivity contribution is 7.52. The van der Waals surface area contributed by atoms with E-state index in [1.165, 1.54) is 17.8 Å². The number of nitrogens with zero attached hydrogens (tertiary/aromatic N) is 5. The zero-order valence-corrected chi connectivity index (χ0v) is 26.6. The van der Waals surface area contributed by atoms with Crippen LogP contribution < -0.4 is 14.5 Å². The fraction of sp³-hybridized carbons (Fsp3) is 0.571. The molecule has 2 aliphatic heterocycles. The molecule has 240 valence electrons. The zero-order valence-electron chi connectivity index (χ0n) is 24.9. The number of imidazole rings is 1. The first kappa shape index (κ1) is 32.5. The van der Waals surface area contributed by atoms with E-state index in [9.17, 15) is 14.5 Å². The maximum absolute atomic E-state index is 15.9. The van der Waals surface area contributed by atoms with E-state index in [0.717, 1.165) is 25.9 Å². The summed E-state index contributed by atoms with van der Waals surface area (Å²) in [5, 5.41) is 13.7. The molecule has 2 aromatic heterocycles. The Hall–Kier alpha value is -2.87.